The molecule has 0 aromatic carbocycles. The number of hydrogen-bond donors (Lipinski definition) is 1. The van der Waals surface area contributed by atoms with Crippen LogP contribution in [0.2, 0.25) is 0 Å². The summed E-state index contributed by atoms with van der Waals surface area (Å²) < 4.78 is 0. The third kappa shape index (κ3) is 3.04. The minimum absolute atomic E-state index is 0.321. The monoisotopic (exact) mass is 319 g/mol. The fraction of sp³-hybridized carbons (Fsp3) is 0.250. The first kappa shape index (κ1) is 14.0. The summed E-state index contributed by atoms with van der Waals surface area (Å²) in [4.78, 5) is 4.25. The molecule has 104 valence electrons. The highest BCUT2D eigenvalue weighted by molar-refractivity contribution is 7.11. The van der Waals surface area contributed by atoms with Crippen LogP contribution in [0, 0.1) is 0 Å². The van der Waals surface area contributed by atoms with Gasteiger partial charge in [0.05, 0.1) is 6.04 Å². The first-order valence-corrected chi connectivity index (χ1v) is 9.37. The lowest BCUT2D eigenvalue weighted by atomic mass is 10.1. The second-order valence-corrected chi connectivity index (χ2v) is 7.53. The zero-order chi connectivity index (χ0) is 13.8. The van der Waals surface area contributed by atoms with Crippen LogP contribution >= 0.6 is 34.0 Å². The first-order chi connectivity index (χ1) is 9.88. The van der Waals surface area contributed by atoms with E-state index in [1.165, 1.54) is 20.2 Å². The third-order valence-electron chi connectivity index (χ3n) is 3.34. The molecule has 3 aromatic rings. The molecule has 0 unspecified atom stereocenters. The molecule has 0 aliphatic carbocycles. The van der Waals surface area contributed by atoms with E-state index in [0.717, 1.165) is 13.0 Å². The fourth-order valence-electron chi connectivity index (χ4n) is 2.28. The third-order valence-corrected chi connectivity index (χ3v) is 6.18. The van der Waals surface area contributed by atoms with Gasteiger partial charge in [-0.15, -0.1) is 34.0 Å². The predicted molar refractivity (Wildman–Crippen MR) is 91.0 cm³/mol. The van der Waals surface area contributed by atoms with E-state index in [-0.39, 0.29) is 0 Å². The van der Waals surface area contributed by atoms with Gasteiger partial charge in [-0.05, 0) is 46.3 Å². The Morgan fingerprint density at radius 1 is 0.950 bits per heavy atom. The molecule has 20 heavy (non-hydrogen) atoms. The molecule has 0 bridgehead atoms. The Morgan fingerprint density at radius 2 is 1.65 bits per heavy atom. The first-order valence-electron chi connectivity index (χ1n) is 6.74. The van der Waals surface area contributed by atoms with Crippen molar-refractivity contribution < 1.29 is 0 Å². The standard InChI is InChI=1S/C16H17NS3/c1-2-12-7-10-20-15(12)11-17-16(13-5-3-8-18-13)14-6-4-9-19-14/h3-10,16-17H,2,11H2,1H3. The molecular weight excluding hydrogens is 302 g/mol. The average molecular weight is 320 g/mol. The van der Waals surface area contributed by atoms with Crippen molar-refractivity contribution in [2.75, 3.05) is 0 Å². The summed E-state index contributed by atoms with van der Waals surface area (Å²) in [6.07, 6.45) is 1.11. The van der Waals surface area contributed by atoms with E-state index in [1.54, 1.807) is 0 Å². The van der Waals surface area contributed by atoms with E-state index in [9.17, 15) is 0 Å². The average Bonchev–Trinajstić information content (AvgIpc) is 3.22. The number of hydrogen-bond acceptors (Lipinski definition) is 4. The van der Waals surface area contributed by atoms with Crippen LogP contribution < -0.4 is 5.32 Å². The molecule has 4 heteroatoms. The smallest absolute Gasteiger partial charge is 0.0767 e. The zero-order valence-electron chi connectivity index (χ0n) is 11.3. The van der Waals surface area contributed by atoms with Gasteiger partial charge in [0.2, 0.25) is 0 Å². The largest absolute Gasteiger partial charge is 0.300 e. The summed E-state index contributed by atoms with van der Waals surface area (Å²) in [5.41, 5.74) is 1.47. The lowest BCUT2D eigenvalue weighted by Crippen LogP contribution is -2.20. The maximum atomic E-state index is 3.73. The molecule has 0 saturated carbocycles. The summed E-state index contributed by atoms with van der Waals surface area (Å²) in [7, 11) is 0. The van der Waals surface area contributed by atoms with E-state index in [0.29, 0.717) is 6.04 Å². The summed E-state index contributed by atoms with van der Waals surface area (Å²) >= 11 is 5.50. The summed E-state index contributed by atoms with van der Waals surface area (Å²) in [6.45, 7) is 3.17. The van der Waals surface area contributed by atoms with Crippen molar-refractivity contribution in [1.29, 1.82) is 0 Å². The summed E-state index contributed by atoms with van der Waals surface area (Å²) in [5.74, 6) is 0. The quantitative estimate of drug-likeness (QED) is 0.649. The lowest BCUT2D eigenvalue weighted by Gasteiger charge is -2.16. The zero-order valence-corrected chi connectivity index (χ0v) is 13.8. The van der Waals surface area contributed by atoms with Crippen LogP contribution in [0.4, 0.5) is 0 Å². The van der Waals surface area contributed by atoms with Crippen molar-refractivity contribution in [1.82, 2.24) is 5.32 Å². The van der Waals surface area contributed by atoms with E-state index < -0.39 is 0 Å². The number of thiophene rings is 3. The second kappa shape index (κ2) is 6.68. The van der Waals surface area contributed by atoms with Crippen LogP contribution in [0.5, 0.6) is 0 Å². The van der Waals surface area contributed by atoms with Gasteiger partial charge in [0.1, 0.15) is 0 Å². The maximum absolute atomic E-state index is 3.73. The van der Waals surface area contributed by atoms with Gasteiger partial charge in [-0.3, -0.25) is 5.32 Å². The van der Waals surface area contributed by atoms with Gasteiger partial charge in [-0.25, -0.2) is 0 Å². The van der Waals surface area contributed by atoms with Crippen LogP contribution in [0.15, 0.2) is 46.5 Å². The Balaban J connectivity index is 1.78. The molecule has 3 rings (SSSR count). The van der Waals surface area contributed by atoms with Crippen molar-refractivity contribution in [3.05, 3.63) is 66.7 Å². The minimum atomic E-state index is 0.321. The number of aryl methyl sites for hydroxylation is 1. The molecule has 3 aromatic heterocycles. The molecular formula is C16H17NS3. The van der Waals surface area contributed by atoms with Crippen molar-refractivity contribution in [3.63, 3.8) is 0 Å². The Hall–Kier alpha value is -0.940. The summed E-state index contributed by atoms with van der Waals surface area (Å²) in [6, 6.07) is 11.3. The van der Waals surface area contributed by atoms with E-state index in [1.807, 2.05) is 34.0 Å². The molecule has 3 heterocycles. The highest BCUT2D eigenvalue weighted by Crippen LogP contribution is 2.30. The second-order valence-electron chi connectivity index (χ2n) is 4.57. The van der Waals surface area contributed by atoms with Gasteiger partial charge in [0.25, 0.3) is 0 Å². The van der Waals surface area contributed by atoms with Crippen LogP contribution in [-0.4, -0.2) is 0 Å². The van der Waals surface area contributed by atoms with Crippen LogP contribution in [0.1, 0.15) is 33.2 Å². The molecule has 0 aliphatic rings. The predicted octanol–water partition coefficient (Wildman–Crippen LogP) is 5.31. The molecule has 0 saturated heterocycles. The van der Waals surface area contributed by atoms with Crippen LogP contribution in [0.3, 0.4) is 0 Å². The minimum Gasteiger partial charge on any atom is -0.300 e. The maximum Gasteiger partial charge on any atom is 0.0767 e. The topological polar surface area (TPSA) is 12.0 Å². The highest BCUT2D eigenvalue weighted by atomic mass is 32.1. The van der Waals surface area contributed by atoms with Crippen molar-refractivity contribution in [2.45, 2.75) is 25.9 Å². The number of nitrogens with one attached hydrogen (secondary N) is 1. The van der Waals surface area contributed by atoms with Gasteiger partial charge in [-0.2, -0.15) is 0 Å². The van der Waals surface area contributed by atoms with E-state index >= 15 is 0 Å². The Labute approximate surface area is 131 Å². The van der Waals surface area contributed by atoms with Gasteiger partial charge >= 0.3 is 0 Å². The van der Waals surface area contributed by atoms with Crippen LogP contribution in [-0.2, 0) is 13.0 Å². The van der Waals surface area contributed by atoms with E-state index in [4.69, 9.17) is 0 Å². The Morgan fingerprint density at radius 3 is 2.20 bits per heavy atom. The molecule has 1 N–H and O–H groups in total. The SMILES string of the molecule is CCc1ccsc1CNC(c1cccs1)c1cccs1. The molecule has 0 amide bonds. The van der Waals surface area contributed by atoms with Gasteiger partial charge < -0.3 is 0 Å². The molecule has 0 spiro atoms. The van der Waals surface area contributed by atoms with Crippen molar-refractivity contribution in [3.8, 4) is 0 Å². The van der Waals surface area contributed by atoms with Gasteiger partial charge in [0, 0.05) is 21.2 Å². The van der Waals surface area contributed by atoms with Crippen molar-refractivity contribution in [2.24, 2.45) is 0 Å². The Kier molecular flexibility index (Phi) is 4.68. The lowest BCUT2D eigenvalue weighted by molar-refractivity contribution is 0.624. The van der Waals surface area contributed by atoms with Gasteiger partial charge in [-0.1, -0.05) is 19.1 Å². The van der Waals surface area contributed by atoms with E-state index in [2.05, 4.69) is 58.7 Å². The highest BCUT2D eigenvalue weighted by Gasteiger charge is 2.16. The molecule has 1 nitrogen and oxygen atoms in total. The fourth-order valence-corrected chi connectivity index (χ4v) is 4.92. The van der Waals surface area contributed by atoms with Gasteiger partial charge in [0.15, 0.2) is 0 Å². The Bertz CT molecular complexity index is 588. The molecule has 0 atom stereocenters. The van der Waals surface area contributed by atoms with Crippen LogP contribution in [0.25, 0.3) is 0 Å². The normalized spacial score (nSPS) is 11.3. The number of rotatable bonds is 6. The summed E-state index contributed by atoms with van der Waals surface area (Å²) in [5, 5.41) is 10.2. The molecule has 0 aliphatic heterocycles. The molecule has 0 radical (unpaired) electrons. The van der Waals surface area contributed by atoms with Crippen molar-refractivity contribution >= 4 is 34.0 Å². The molecule has 0 fully saturated rings.